The number of aromatic hydroxyl groups is 1. The number of methoxy groups -OCH3 is 1. The topological polar surface area (TPSA) is 81.8 Å². The summed E-state index contributed by atoms with van der Waals surface area (Å²) in [4.78, 5) is 12.0. The summed E-state index contributed by atoms with van der Waals surface area (Å²) in [5.74, 6) is -0.268. The average molecular weight is 283 g/mol. The number of nitrogen functional groups attached to an aromatic ring is 1. The van der Waals surface area contributed by atoms with Crippen LogP contribution in [0, 0.1) is 0 Å². The Morgan fingerprint density at radius 3 is 2.79 bits per heavy atom. The molecule has 5 nitrogen and oxygen atoms in total. The van der Waals surface area contributed by atoms with Crippen LogP contribution in [-0.4, -0.2) is 31.0 Å². The number of phenolic OH excluding ortho intramolecular Hbond substituents is 1. The summed E-state index contributed by atoms with van der Waals surface area (Å²) in [7, 11) is 1.44. The summed E-state index contributed by atoms with van der Waals surface area (Å²) in [5, 5.41) is 10.1. The van der Waals surface area contributed by atoms with Gasteiger partial charge in [-0.2, -0.15) is 0 Å². The maximum atomic E-state index is 11.3. The Bertz CT molecular complexity index is 500. The Kier molecular flexibility index (Phi) is 5.57. The van der Waals surface area contributed by atoms with Gasteiger partial charge in [0.05, 0.1) is 13.7 Å². The molecule has 1 aromatic carbocycles. The predicted molar refractivity (Wildman–Crippen MR) is 76.5 cm³/mol. The van der Waals surface area contributed by atoms with Crippen LogP contribution in [0.1, 0.15) is 12.5 Å². The minimum Gasteiger partial charge on any atom is -0.504 e. The van der Waals surface area contributed by atoms with Gasteiger partial charge in [-0.05, 0) is 19.3 Å². The van der Waals surface area contributed by atoms with Crippen molar-refractivity contribution in [2.75, 3.05) is 25.7 Å². The van der Waals surface area contributed by atoms with Crippen molar-refractivity contribution in [3.8, 4) is 11.5 Å². The van der Waals surface area contributed by atoms with Crippen LogP contribution in [0.5, 0.6) is 11.5 Å². The van der Waals surface area contributed by atoms with Crippen molar-refractivity contribution >= 4 is 29.5 Å². The summed E-state index contributed by atoms with van der Waals surface area (Å²) in [6.45, 7) is 2.02. The first-order valence-corrected chi connectivity index (χ1v) is 6.85. The Morgan fingerprint density at radius 1 is 1.58 bits per heavy atom. The molecule has 1 rings (SSSR count). The summed E-state index contributed by atoms with van der Waals surface area (Å²) in [6, 6.07) is 1.54. The molecule has 0 amide bonds. The third kappa shape index (κ3) is 3.57. The molecular formula is C13H17NO4S. The van der Waals surface area contributed by atoms with E-state index in [9.17, 15) is 9.90 Å². The normalized spacial score (nSPS) is 10.7. The second-order valence-corrected chi connectivity index (χ2v) is 4.37. The molecule has 104 valence electrons. The van der Waals surface area contributed by atoms with Gasteiger partial charge in [-0.1, -0.05) is 0 Å². The van der Waals surface area contributed by atoms with Gasteiger partial charge in [0, 0.05) is 28.3 Å². The molecule has 0 heterocycles. The van der Waals surface area contributed by atoms with Crippen molar-refractivity contribution in [3.63, 3.8) is 0 Å². The van der Waals surface area contributed by atoms with E-state index in [1.807, 2.05) is 6.26 Å². The van der Waals surface area contributed by atoms with E-state index in [0.717, 1.165) is 0 Å². The zero-order valence-electron chi connectivity index (χ0n) is 11.1. The van der Waals surface area contributed by atoms with Crippen LogP contribution in [-0.2, 0) is 9.53 Å². The highest BCUT2D eigenvalue weighted by Gasteiger charge is 2.14. The van der Waals surface area contributed by atoms with Crippen LogP contribution < -0.4 is 10.5 Å². The van der Waals surface area contributed by atoms with Crippen molar-refractivity contribution in [1.82, 2.24) is 0 Å². The number of rotatable bonds is 5. The minimum absolute atomic E-state index is 0.0541. The van der Waals surface area contributed by atoms with E-state index in [4.69, 9.17) is 15.2 Å². The molecule has 0 spiro atoms. The lowest BCUT2D eigenvalue weighted by Gasteiger charge is -2.12. The lowest BCUT2D eigenvalue weighted by molar-refractivity contribution is -0.137. The number of hydrogen-bond acceptors (Lipinski definition) is 6. The predicted octanol–water partition coefficient (Wildman–Crippen LogP) is 2.28. The highest BCUT2D eigenvalue weighted by molar-refractivity contribution is 7.98. The van der Waals surface area contributed by atoms with E-state index in [1.54, 1.807) is 13.0 Å². The largest absolute Gasteiger partial charge is 0.504 e. The van der Waals surface area contributed by atoms with Crippen molar-refractivity contribution in [2.45, 2.75) is 11.8 Å². The van der Waals surface area contributed by atoms with E-state index >= 15 is 0 Å². The fourth-order valence-electron chi connectivity index (χ4n) is 1.55. The van der Waals surface area contributed by atoms with Gasteiger partial charge in [-0.25, -0.2) is 4.79 Å². The Labute approximate surface area is 116 Å². The summed E-state index contributed by atoms with van der Waals surface area (Å²) in [5.41, 5.74) is 6.80. The summed E-state index contributed by atoms with van der Waals surface area (Å²) in [6.07, 6.45) is 4.55. The molecule has 1 aromatic rings. The molecule has 0 saturated carbocycles. The van der Waals surface area contributed by atoms with Crippen LogP contribution in [0.3, 0.4) is 0 Å². The van der Waals surface area contributed by atoms with Crippen molar-refractivity contribution in [3.05, 3.63) is 17.7 Å². The molecule has 3 N–H and O–H groups in total. The third-order valence-electron chi connectivity index (χ3n) is 2.38. The first-order chi connectivity index (χ1) is 9.04. The molecule has 0 aliphatic carbocycles. The molecule has 0 saturated heterocycles. The molecule has 0 atom stereocenters. The molecule has 0 aromatic heterocycles. The van der Waals surface area contributed by atoms with Crippen LogP contribution in [0.15, 0.2) is 17.0 Å². The lowest BCUT2D eigenvalue weighted by atomic mass is 10.1. The fraction of sp³-hybridized carbons (Fsp3) is 0.308. The average Bonchev–Trinajstić information content (AvgIpc) is 2.39. The van der Waals surface area contributed by atoms with E-state index in [0.29, 0.717) is 22.8 Å². The summed E-state index contributed by atoms with van der Waals surface area (Å²) >= 11 is 1.38. The molecule has 0 aliphatic heterocycles. The van der Waals surface area contributed by atoms with Crippen molar-refractivity contribution in [1.29, 1.82) is 0 Å². The maximum Gasteiger partial charge on any atom is 0.330 e. The first kappa shape index (κ1) is 15.2. The van der Waals surface area contributed by atoms with Gasteiger partial charge in [-0.3, -0.25) is 0 Å². The van der Waals surface area contributed by atoms with E-state index in [2.05, 4.69) is 0 Å². The Hall–Kier alpha value is -1.82. The van der Waals surface area contributed by atoms with E-state index in [1.165, 1.54) is 31.0 Å². The SMILES string of the molecule is CCOC(=O)/C=C/c1c(O)c(OC)cc(N)c1SC. The number of esters is 1. The van der Waals surface area contributed by atoms with E-state index < -0.39 is 5.97 Å². The molecule has 6 heteroatoms. The molecule has 0 radical (unpaired) electrons. The highest BCUT2D eigenvalue weighted by atomic mass is 32.2. The second kappa shape index (κ2) is 6.94. The molecule has 0 fully saturated rings. The number of anilines is 1. The minimum atomic E-state index is -0.477. The van der Waals surface area contributed by atoms with Crippen molar-refractivity contribution in [2.24, 2.45) is 0 Å². The fourth-order valence-corrected chi connectivity index (χ4v) is 2.23. The zero-order valence-corrected chi connectivity index (χ0v) is 11.9. The number of thioether (sulfide) groups is 1. The Morgan fingerprint density at radius 2 is 2.26 bits per heavy atom. The standard InChI is InChI=1S/C13H17NO4S/c1-4-18-11(15)6-5-8-12(16)10(17-2)7-9(14)13(8)19-3/h5-7,16H,4,14H2,1-3H3/b6-5+. The molecule has 0 unspecified atom stereocenters. The number of carbonyl (C=O) groups excluding carboxylic acids is 1. The third-order valence-corrected chi connectivity index (χ3v) is 3.24. The second-order valence-electron chi connectivity index (χ2n) is 3.55. The maximum absolute atomic E-state index is 11.3. The number of benzene rings is 1. The molecular weight excluding hydrogens is 266 g/mol. The van der Waals surface area contributed by atoms with E-state index in [-0.39, 0.29) is 11.5 Å². The van der Waals surface area contributed by atoms with Gasteiger partial charge in [0.25, 0.3) is 0 Å². The Balaban J connectivity index is 3.24. The van der Waals surface area contributed by atoms with Crippen molar-refractivity contribution < 1.29 is 19.4 Å². The number of hydrogen-bond donors (Lipinski definition) is 2. The van der Waals surface area contributed by atoms with Gasteiger partial charge in [0.2, 0.25) is 0 Å². The first-order valence-electron chi connectivity index (χ1n) is 5.63. The monoisotopic (exact) mass is 283 g/mol. The van der Waals surface area contributed by atoms with Crippen LogP contribution in [0.4, 0.5) is 5.69 Å². The number of phenols is 1. The zero-order chi connectivity index (χ0) is 14.4. The van der Waals surface area contributed by atoms with Gasteiger partial charge in [0.1, 0.15) is 0 Å². The lowest BCUT2D eigenvalue weighted by Crippen LogP contribution is -1.99. The quantitative estimate of drug-likeness (QED) is 0.284. The van der Waals surface area contributed by atoms with Gasteiger partial charge >= 0.3 is 5.97 Å². The number of ether oxygens (including phenoxy) is 2. The smallest absolute Gasteiger partial charge is 0.330 e. The molecule has 0 aliphatic rings. The van der Waals surface area contributed by atoms with Crippen LogP contribution in [0.2, 0.25) is 0 Å². The summed E-state index contributed by atoms with van der Waals surface area (Å²) < 4.78 is 9.82. The van der Waals surface area contributed by atoms with Gasteiger partial charge in [-0.15, -0.1) is 11.8 Å². The van der Waals surface area contributed by atoms with Crippen LogP contribution in [0.25, 0.3) is 6.08 Å². The molecule has 19 heavy (non-hydrogen) atoms. The highest BCUT2D eigenvalue weighted by Crippen LogP contribution is 2.41. The van der Waals surface area contributed by atoms with Gasteiger partial charge < -0.3 is 20.3 Å². The number of nitrogens with two attached hydrogens (primary N) is 1. The molecule has 0 bridgehead atoms. The number of carbonyl (C=O) groups is 1. The van der Waals surface area contributed by atoms with Crippen LogP contribution >= 0.6 is 11.8 Å². The van der Waals surface area contributed by atoms with Gasteiger partial charge in [0.15, 0.2) is 11.5 Å².